The summed E-state index contributed by atoms with van der Waals surface area (Å²) in [6.07, 6.45) is 1.23. The lowest BCUT2D eigenvalue weighted by molar-refractivity contribution is 0.0585. The van der Waals surface area contributed by atoms with Gasteiger partial charge in [-0.2, -0.15) is 11.8 Å². The van der Waals surface area contributed by atoms with E-state index in [4.69, 9.17) is 0 Å². The van der Waals surface area contributed by atoms with Gasteiger partial charge in [-0.25, -0.2) is 4.39 Å². The minimum atomic E-state index is -0.502. The maximum atomic E-state index is 13.2. The van der Waals surface area contributed by atoms with Gasteiger partial charge < -0.3 is 10.0 Å². The van der Waals surface area contributed by atoms with Crippen LogP contribution in [0.15, 0.2) is 18.2 Å². The topological polar surface area (TPSA) is 43.8 Å². The second kappa shape index (κ2) is 6.23. The van der Waals surface area contributed by atoms with E-state index in [0.717, 1.165) is 25.2 Å². The van der Waals surface area contributed by atoms with Crippen LogP contribution in [0.4, 0.5) is 4.39 Å². The number of halogens is 1. The molecule has 0 spiro atoms. The number of rotatable bonds is 2. The molecule has 2 saturated heterocycles. The number of hydrogen-bond acceptors (Lipinski definition) is 4. The van der Waals surface area contributed by atoms with Gasteiger partial charge in [0.1, 0.15) is 11.6 Å². The molecular weight excluding hydrogens is 291 g/mol. The first-order chi connectivity index (χ1) is 10.1. The lowest BCUT2D eigenvalue weighted by Crippen LogP contribution is -2.52. The lowest BCUT2D eigenvalue weighted by atomic mass is 10.1. The van der Waals surface area contributed by atoms with Crippen LogP contribution in [0, 0.1) is 5.82 Å². The summed E-state index contributed by atoms with van der Waals surface area (Å²) in [7, 11) is 0. The summed E-state index contributed by atoms with van der Waals surface area (Å²) in [6.45, 7) is 2.98. The van der Waals surface area contributed by atoms with Gasteiger partial charge in [0.2, 0.25) is 0 Å². The quantitative estimate of drug-likeness (QED) is 0.904. The van der Waals surface area contributed by atoms with Gasteiger partial charge in [-0.1, -0.05) is 0 Å². The molecule has 21 heavy (non-hydrogen) atoms. The minimum absolute atomic E-state index is 0.0554. The molecule has 1 atom stereocenters. The predicted molar refractivity (Wildman–Crippen MR) is 81.3 cm³/mol. The molecular formula is C15H19FN2O2S. The zero-order valence-electron chi connectivity index (χ0n) is 11.8. The van der Waals surface area contributed by atoms with Gasteiger partial charge >= 0.3 is 0 Å². The number of aromatic hydroxyl groups is 1. The Morgan fingerprint density at radius 3 is 2.71 bits per heavy atom. The Bertz CT molecular complexity index is 526. The maximum absolute atomic E-state index is 13.2. The van der Waals surface area contributed by atoms with E-state index in [0.29, 0.717) is 19.1 Å². The summed E-state index contributed by atoms with van der Waals surface area (Å²) < 4.78 is 13.2. The largest absolute Gasteiger partial charge is 0.507 e. The Morgan fingerprint density at radius 2 is 2.05 bits per heavy atom. The molecule has 0 aliphatic carbocycles. The van der Waals surface area contributed by atoms with Crippen molar-refractivity contribution in [2.45, 2.75) is 12.5 Å². The number of hydrogen-bond donors (Lipinski definition) is 1. The van der Waals surface area contributed by atoms with Gasteiger partial charge in [-0.15, -0.1) is 0 Å². The monoisotopic (exact) mass is 310 g/mol. The van der Waals surface area contributed by atoms with E-state index in [1.807, 2.05) is 11.8 Å². The fraction of sp³-hybridized carbons (Fsp3) is 0.533. The third-order valence-corrected chi connectivity index (χ3v) is 5.36. The molecule has 1 unspecified atom stereocenters. The van der Waals surface area contributed by atoms with E-state index in [1.165, 1.54) is 24.0 Å². The van der Waals surface area contributed by atoms with E-state index in [2.05, 4.69) is 4.90 Å². The molecule has 4 nitrogen and oxygen atoms in total. The third kappa shape index (κ3) is 3.16. The molecule has 114 valence electrons. The van der Waals surface area contributed by atoms with Crippen LogP contribution < -0.4 is 0 Å². The highest BCUT2D eigenvalue weighted by Gasteiger charge is 2.29. The molecule has 2 fully saturated rings. The molecule has 1 aromatic rings. The predicted octanol–water partition coefficient (Wildman–Crippen LogP) is 1.79. The zero-order chi connectivity index (χ0) is 14.8. The Hall–Kier alpha value is -1.27. The van der Waals surface area contributed by atoms with Gasteiger partial charge in [0.15, 0.2) is 0 Å². The second-order valence-corrected chi connectivity index (χ2v) is 6.66. The fourth-order valence-electron chi connectivity index (χ4n) is 2.95. The molecule has 0 radical (unpaired) electrons. The summed E-state index contributed by atoms with van der Waals surface area (Å²) in [5, 5.41) is 9.73. The van der Waals surface area contributed by atoms with E-state index in [9.17, 15) is 14.3 Å². The van der Waals surface area contributed by atoms with Crippen molar-refractivity contribution in [3.05, 3.63) is 29.6 Å². The standard InChI is InChI=1S/C15H19FN2O2S/c16-11-1-2-14(19)13(9-11)15(20)18-6-4-17(5-7-18)12-3-8-21-10-12/h1-2,9,12,19H,3-8,10H2. The van der Waals surface area contributed by atoms with Crippen LogP contribution in [0.3, 0.4) is 0 Å². The SMILES string of the molecule is O=C(c1cc(F)ccc1O)N1CCN(C2CCSC2)CC1. The summed E-state index contributed by atoms with van der Waals surface area (Å²) in [5.74, 6) is 1.46. The number of phenolic OH excluding ortho intramolecular Hbond substituents is 1. The van der Waals surface area contributed by atoms with Crippen molar-refractivity contribution < 1.29 is 14.3 Å². The number of thioether (sulfide) groups is 1. The van der Waals surface area contributed by atoms with Gasteiger partial charge in [-0.05, 0) is 30.4 Å². The van der Waals surface area contributed by atoms with Gasteiger partial charge in [0, 0.05) is 38.0 Å². The van der Waals surface area contributed by atoms with Gasteiger partial charge in [-0.3, -0.25) is 9.69 Å². The number of phenols is 1. The van der Waals surface area contributed by atoms with Crippen LogP contribution in [-0.2, 0) is 0 Å². The average Bonchev–Trinajstić information content (AvgIpc) is 3.03. The summed E-state index contributed by atoms with van der Waals surface area (Å²) in [6, 6.07) is 4.13. The highest BCUT2D eigenvalue weighted by atomic mass is 32.2. The molecule has 2 aliphatic rings. The molecule has 1 aromatic carbocycles. The Kier molecular flexibility index (Phi) is 4.35. The van der Waals surface area contributed by atoms with Crippen molar-refractivity contribution in [1.29, 1.82) is 0 Å². The molecule has 1 amide bonds. The van der Waals surface area contributed by atoms with E-state index < -0.39 is 5.82 Å². The van der Waals surface area contributed by atoms with Crippen LogP contribution >= 0.6 is 11.8 Å². The number of piperazine rings is 1. The van der Waals surface area contributed by atoms with Crippen LogP contribution in [-0.4, -0.2) is 64.5 Å². The first kappa shape index (κ1) is 14.7. The molecule has 6 heteroatoms. The van der Waals surface area contributed by atoms with E-state index in [1.54, 1.807) is 4.90 Å². The zero-order valence-corrected chi connectivity index (χ0v) is 12.6. The second-order valence-electron chi connectivity index (χ2n) is 5.51. The third-order valence-electron chi connectivity index (χ3n) is 4.21. The highest BCUT2D eigenvalue weighted by Crippen LogP contribution is 2.24. The van der Waals surface area contributed by atoms with E-state index in [-0.39, 0.29) is 17.2 Å². The van der Waals surface area contributed by atoms with Crippen molar-refractivity contribution in [3.8, 4) is 5.75 Å². The number of nitrogens with zero attached hydrogens (tertiary/aromatic N) is 2. The molecule has 2 heterocycles. The van der Waals surface area contributed by atoms with Crippen LogP contribution in [0.25, 0.3) is 0 Å². The highest BCUT2D eigenvalue weighted by molar-refractivity contribution is 7.99. The number of carbonyl (C=O) groups is 1. The van der Waals surface area contributed by atoms with Crippen LogP contribution in [0.1, 0.15) is 16.8 Å². The molecule has 1 N–H and O–H groups in total. The number of carbonyl (C=O) groups excluding carboxylic acids is 1. The molecule has 2 aliphatic heterocycles. The van der Waals surface area contributed by atoms with Crippen molar-refractivity contribution in [2.75, 3.05) is 37.7 Å². The van der Waals surface area contributed by atoms with Crippen molar-refractivity contribution in [2.24, 2.45) is 0 Å². The van der Waals surface area contributed by atoms with Crippen LogP contribution in [0.5, 0.6) is 5.75 Å². The van der Waals surface area contributed by atoms with Crippen molar-refractivity contribution in [3.63, 3.8) is 0 Å². The molecule has 0 saturated carbocycles. The number of benzene rings is 1. The smallest absolute Gasteiger partial charge is 0.257 e. The fourth-order valence-corrected chi connectivity index (χ4v) is 4.21. The lowest BCUT2D eigenvalue weighted by Gasteiger charge is -2.37. The number of amides is 1. The minimum Gasteiger partial charge on any atom is -0.507 e. The first-order valence-corrected chi connectivity index (χ1v) is 8.40. The maximum Gasteiger partial charge on any atom is 0.257 e. The summed E-state index contributed by atoms with van der Waals surface area (Å²) >= 11 is 1.99. The van der Waals surface area contributed by atoms with Gasteiger partial charge in [0.05, 0.1) is 5.56 Å². The van der Waals surface area contributed by atoms with Crippen molar-refractivity contribution >= 4 is 17.7 Å². The molecule has 0 aromatic heterocycles. The molecule has 0 bridgehead atoms. The normalized spacial score (nSPS) is 23.5. The van der Waals surface area contributed by atoms with Gasteiger partial charge in [0.25, 0.3) is 5.91 Å². The average molecular weight is 310 g/mol. The molecule has 3 rings (SSSR count). The Morgan fingerprint density at radius 1 is 1.29 bits per heavy atom. The van der Waals surface area contributed by atoms with E-state index >= 15 is 0 Å². The first-order valence-electron chi connectivity index (χ1n) is 7.25. The van der Waals surface area contributed by atoms with Crippen LogP contribution in [0.2, 0.25) is 0 Å². The van der Waals surface area contributed by atoms with Crippen molar-refractivity contribution in [1.82, 2.24) is 9.80 Å². The summed E-state index contributed by atoms with van der Waals surface area (Å²) in [4.78, 5) is 16.5. The summed E-state index contributed by atoms with van der Waals surface area (Å²) in [5.41, 5.74) is 0.0554. The Balaban J connectivity index is 1.63. The Labute approximate surface area is 127 Å².